The highest BCUT2D eigenvalue weighted by molar-refractivity contribution is 5.82. The summed E-state index contributed by atoms with van der Waals surface area (Å²) in [5, 5.41) is 0. The fourth-order valence-corrected chi connectivity index (χ4v) is 2.21. The zero-order chi connectivity index (χ0) is 14.6. The molecule has 5 nitrogen and oxygen atoms in total. The van der Waals surface area contributed by atoms with Gasteiger partial charge in [-0.15, -0.1) is 6.58 Å². The van der Waals surface area contributed by atoms with Gasteiger partial charge in [-0.3, -0.25) is 4.90 Å². The number of likely N-dealkylation sites (tertiary alicyclic amines) is 1. The van der Waals surface area contributed by atoms with Crippen molar-refractivity contribution >= 4 is 12.1 Å². The Morgan fingerprint density at radius 1 is 1.42 bits per heavy atom. The molecule has 0 unspecified atom stereocenters. The third kappa shape index (κ3) is 4.26. The van der Waals surface area contributed by atoms with Crippen LogP contribution < -0.4 is 0 Å². The number of allylic oxidation sites excluding steroid dienone is 1. The third-order valence-electron chi connectivity index (χ3n) is 2.99. The molecule has 1 saturated heterocycles. The van der Waals surface area contributed by atoms with Crippen LogP contribution in [0.1, 0.15) is 33.6 Å². The number of nitrogens with zero attached hydrogens (tertiary/aromatic N) is 1. The van der Waals surface area contributed by atoms with Gasteiger partial charge in [-0.1, -0.05) is 6.08 Å². The molecule has 1 fully saturated rings. The van der Waals surface area contributed by atoms with E-state index in [0.717, 1.165) is 6.42 Å². The lowest BCUT2D eigenvalue weighted by Gasteiger charge is -2.27. The lowest BCUT2D eigenvalue weighted by Crippen LogP contribution is -2.43. The summed E-state index contributed by atoms with van der Waals surface area (Å²) in [6, 6.07) is -0.551. The summed E-state index contributed by atoms with van der Waals surface area (Å²) >= 11 is 0. The van der Waals surface area contributed by atoms with Gasteiger partial charge in [0.05, 0.1) is 7.11 Å². The van der Waals surface area contributed by atoms with E-state index < -0.39 is 23.7 Å². The molecule has 0 aromatic carbocycles. The van der Waals surface area contributed by atoms with E-state index >= 15 is 0 Å². The first-order valence-electron chi connectivity index (χ1n) is 6.47. The van der Waals surface area contributed by atoms with Gasteiger partial charge in [-0.2, -0.15) is 0 Å². The lowest BCUT2D eigenvalue weighted by molar-refractivity contribution is -0.145. The monoisotopic (exact) mass is 269 g/mol. The molecule has 1 aliphatic heterocycles. The van der Waals surface area contributed by atoms with Crippen LogP contribution in [-0.4, -0.2) is 42.3 Å². The van der Waals surface area contributed by atoms with Gasteiger partial charge in [0.2, 0.25) is 0 Å². The van der Waals surface area contributed by atoms with Crippen LogP contribution in [-0.2, 0) is 14.3 Å². The van der Waals surface area contributed by atoms with Crippen LogP contribution in [0.3, 0.4) is 0 Å². The smallest absolute Gasteiger partial charge is 0.411 e. The largest absolute Gasteiger partial charge is 0.467 e. The summed E-state index contributed by atoms with van der Waals surface area (Å²) in [4.78, 5) is 25.3. The molecular weight excluding hydrogens is 246 g/mol. The summed E-state index contributed by atoms with van der Waals surface area (Å²) in [6.45, 7) is 9.60. The van der Waals surface area contributed by atoms with Crippen LogP contribution in [0.25, 0.3) is 0 Å². The Labute approximate surface area is 114 Å². The standard InChI is InChI=1S/C14H23NO4/c1-6-7-10-8-11(12(16)18-5)15(9-10)13(17)19-14(2,3)4/h6,10-11H,1,7-9H2,2-5H3/t10-,11+/m1/s1. The molecule has 5 heteroatoms. The highest BCUT2D eigenvalue weighted by Crippen LogP contribution is 2.28. The van der Waals surface area contributed by atoms with Crippen LogP contribution in [0.5, 0.6) is 0 Å². The first-order chi connectivity index (χ1) is 8.78. The van der Waals surface area contributed by atoms with E-state index in [9.17, 15) is 9.59 Å². The average molecular weight is 269 g/mol. The molecular formula is C14H23NO4. The molecule has 1 amide bonds. The first kappa shape index (κ1) is 15.5. The number of ether oxygens (including phenoxy) is 2. The Kier molecular flexibility index (Phi) is 4.97. The summed E-state index contributed by atoms with van der Waals surface area (Å²) in [6.07, 6.45) is 2.71. The number of esters is 1. The number of carbonyl (C=O) groups is 2. The topological polar surface area (TPSA) is 55.8 Å². The Balaban J connectivity index is 2.79. The second kappa shape index (κ2) is 6.08. The first-order valence-corrected chi connectivity index (χ1v) is 6.47. The van der Waals surface area contributed by atoms with Crippen molar-refractivity contribution in [1.29, 1.82) is 0 Å². The van der Waals surface area contributed by atoms with Crippen molar-refractivity contribution in [1.82, 2.24) is 4.90 Å². The van der Waals surface area contributed by atoms with Gasteiger partial charge in [0.1, 0.15) is 11.6 Å². The highest BCUT2D eigenvalue weighted by atomic mass is 16.6. The minimum atomic E-state index is -0.575. The molecule has 0 aliphatic carbocycles. The number of rotatable bonds is 3. The molecule has 0 spiro atoms. The van der Waals surface area contributed by atoms with Crippen molar-refractivity contribution in [3.63, 3.8) is 0 Å². The molecule has 0 radical (unpaired) electrons. The maximum absolute atomic E-state index is 12.1. The SMILES string of the molecule is C=CC[C@@H]1C[C@@H](C(=O)OC)N(C(=O)OC(C)(C)C)C1. The lowest BCUT2D eigenvalue weighted by atomic mass is 10.0. The summed E-state index contributed by atoms with van der Waals surface area (Å²) in [5.41, 5.74) is -0.575. The van der Waals surface area contributed by atoms with Gasteiger partial charge in [0, 0.05) is 6.54 Å². The van der Waals surface area contributed by atoms with Crippen LogP contribution in [0.15, 0.2) is 12.7 Å². The van der Waals surface area contributed by atoms with E-state index in [1.54, 1.807) is 26.8 Å². The van der Waals surface area contributed by atoms with Gasteiger partial charge in [-0.05, 0) is 39.5 Å². The molecule has 0 aromatic rings. The molecule has 2 atom stereocenters. The molecule has 0 saturated carbocycles. The molecule has 0 N–H and O–H groups in total. The Hall–Kier alpha value is -1.52. The maximum atomic E-state index is 12.1. The van der Waals surface area contributed by atoms with Gasteiger partial charge >= 0.3 is 12.1 Å². The fraction of sp³-hybridized carbons (Fsp3) is 0.714. The molecule has 108 valence electrons. The minimum Gasteiger partial charge on any atom is -0.467 e. The Morgan fingerprint density at radius 2 is 2.05 bits per heavy atom. The molecule has 1 rings (SSSR count). The molecule has 1 aliphatic rings. The van der Waals surface area contributed by atoms with Crippen molar-refractivity contribution in [3.05, 3.63) is 12.7 Å². The van der Waals surface area contributed by atoms with Crippen LogP contribution in [0.2, 0.25) is 0 Å². The normalized spacial score (nSPS) is 23.1. The molecule has 0 aromatic heterocycles. The van der Waals surface area contributed by atoms with E-state index in [2.05, 4.69) is 6.58 Å². The van der Waals surface area contributed by atoms with Gasteiger partial charge in [0.15, 0.2) is 0 Å². The predicted molar refractivity (Wildman–Crippen MR) is 71.7 cm³/mol. The maximum Gasteiger partial charge on any atom is 0.411 e. The molecule has 19 heavy (non-hydrogen) atoms. The van der Waals surface area contributed by atoms with E-state index in [0.29, 0.717) is 13.0 Å². The van der Waals surface area contributed by atoms with E-state index in [1.807, 2.05) is 0 Å². The van der Waals surface area contributed by atoms with E-state index in [1.165, 1.54) is 12.0 Å². The zero-order valence-corrected chi connectivity index (χ0v) is 12.1. The minimum absolute atomic E-state index is 0.231. The van der Waals surface area contributed by atoms with Crippen molar-refractivity contribution in [2.45, 2.75) is 45.3 Å². The van der Waals surface area contributed by atoms with Crippen molar-refractivity contribution in [2.24, 2.45) is 5.92 Å². The van der Waals surface area contributed by atoms with Crippen LogP contribution in [0.4, 0.5) is 4.79 Å². The highest BCUT2D eigenvalue weighted by Gasteiger charge is 2.41. The summed E-state index contributed by atoms with van der Waals surface area (Å²) in [5.74, 6) is -0.161. The Morgan fingerprint density at radius 3 is 2.53 bits per heavy atom. The van der Waals surface area contributed by atoms with Gasteiger partial charge in [0.25, 0.3) is 0 Å². The predicted octanol–water partition coefficient (Wildman–Crippen LogP) is 2.36. The zero-order valence-electron chi connectivity index (χ0n) is 12.1. The molecule has 0 bridgehead atoms. The number of carbonyl (C=O) groups excluding carboxylic acids is 2. The van der Waals surface area contributed by atoms with Crippen molar-refractivity contribution in [3.8, 4) is 0 Å². The van der Waals surface area contributed by atoms with Gasteiger partial charge < -0.3 is 9.47 Å². The average Bonchev–Trinajstić information content (AvgIpc) is 2.70. The van der Waals surface area contributed by atoms with Crippen molar-refractivity contribution < 1.29 is 19.1 Å². The van der Waals surface area contributed by atoms with E-state index in [4.69, 9.17) is 9.47 Å². The van der Waals surface area contributed by atoms with E-state index in [-0.39, 0.29) is 5.92 Å². The van der Waals surface area contributed by atoms with Gasteiger partial charge in [-0.25, -0.2) is 9.59 Å². The summed E-state index contributed by atoms with van der Waals surface area (Å²) < 4.78 is 10.1. The quantitative estimate of drug-likeness (QED) is 0.583. The second-order valence-corrected chi connectivity index (χ2v) is 5.80. The van der Waals surface area contributed by atoms with Crippen LogP contribution >= 0.6 is 0 Å². The number of amides is 1. The number of hydrogen-bond donors (Lipinski definition) is 0. The van der Waals surface area contributed by atoms with Crippen LogP contribution in [0, 0.1) is 5.92 Å². The number of hydrogen-bond acceptors (Lipinski definition) is 4. The van der Waals surface area contributed by atoms with Crippen molar-refractivity contribution in [2.75, 3.05) is 13.7 Å². The third-order valence-corrected chi connectivity index (χ3v) is 2.99. The summed E-state index contributed by atoms with van der Waals surface area (Å²) in [7, 11) is 1.33. The fourth-order valence-electron chi connectivity index (χ4n) is 2.21. The number of methoxy groups -OCH3 is 1. The Bertz CT molecular complexity index is 359. The molecule has 1 heterocycles. The second-order valence-electron chi connectivity index (χ2n) is 5.80.